The topological polar surface area (TPSA) is 66.6 Å². The van der Waals surface area contributed by atoms with Gasteiger partial charge in [0.2, 0.25) is 0 Å². The Kier molecular flexibility index (Phi) is 4.87. The summed E-state index contributed by atoms with van der Waals surface area (Å²) in [4.78, 5) is 0. The maximum absolute atomic E-state index is 12.6. The number of rotatable bonds is 4. The Balaban J connectivity index is 2.02. The van der Waals surface area contributed by atoms with Gasteiger partial charge in [-0.25, -0.2) is 0 Å². The molecular weight excluding hydrogens is 262 g/mol. The van der Waals surface area contributed by atoms with E-state index in [1.165, 1.54) is 0 Å². The predicted octanol–water partition coefficient (Wildman–Crippen LogP) is 0.880. The van der Waals surface area contributed by atoms with Crippen LogP contribution in [0.1, 0.15) is 33.1 Å². The fourth-order valence-electron chi connectivity index (χ4n) is 3.10. The molecule has 2 N–H and O–H groups in total. The lowest BCUT2D eigenvalue weighted by molar-refractivity contribution is 0.253. The van der Waals surface area contributed by atoms with Gasteiger partial charge in [-0.05, 0) is 43.6 Å². The lowest BCUT2D eigenvalue weighted by atomic mass is 9.96. The smallest absolute Gasteiger partial charge is 0.281 e. The second-order valence-electron chi connectivity index (χ2n) is 6.26. The highest BCUT2D eigenvalue weighted by atomic mass is 32.2. The molecule has 0 bridgehead atoms. The Bertz CT molecular complexity index is 397. The highest BCUT2D eigenvalue weighted by Gasteiger charge is 2.38. The van der Waals surface area contributed by atoms with Crippen LogP contribution >= 0.6 is 0 Å². The Morgan fingerprint density at radius 1 is 1.16 bits per heavy atom. The zero-order valence-corrected chi connectivity index (χ0v) is 12.9. The largest absolute Gasteiger partial charge is 0.330 e. The molecule has 112 valence electrons. The summed E-state index contributed by atoms with van der Waals surface area (Å²) in [6, 6.07) is 0. The molecule has 19 heavy (non-hydrogen) atoms. The van der Waals surface area contributed by atoms with Gasteiger partial charge in [-0.2, -0.15) is 17.0 Å². The standard InChI is InChI=1S/C13H27N3O2S/c1-11(2)13-5-7-16(10-13)19(17,18)15-6-3-4-12(8-14)9-15/h11-13H,3-10,14H2,1-2H3. The van der Waals surface area contributed by atoms with Crippen LogP contribution in [-0.2, 0) is 10.2 Å². The Labute approximate surface area is 117 Å². The normalized spacial score (nSPS) is 31.2. The average molecular weight is 289 g/mol. The summed E-state index contributed by atoms with van der Waals surface area (Å²) in [5.74, 6) is 1.38. The second kappa shape index (κ2) is 6.08. The number of nitrogens with two attached hydrogens (primary N) is 1. The first-order valence-electron chi connectivity index (χ1n) is 7.40. The lowest BCUT2D eigenvalue weighted by Gasteiger charge is -2.34. The van der Waals surface area contributed by atoms with Crippen LogP contribution in [0.3, 0.4) is 0 Å². The minimum absolute atomic E-state index is 0.326. The van der Waals surface area contributed by atoms with Crippen molar-refractivity contribution in [1.29, 1.82) is 0 Å². The van der Waals surface area contributed by atoms with Crippen LogP contribution in [0.5, 0.6) is 0 Å². The zero-order chi connectivity index (χ0) is 14.0. The van der Waals surface area contributed by atoms with Crippen molar-refractivity contribution in [3.05, 3.63) is 0 Å². The summed E-state index contributed by atoms with van der Waals surface area (Å²) in [6.07, 6.45) is 2.98. The highest BCUT2D eigenvalue weighted by molar-refractivity contribution is 7.86. The second-order valence-corrected chi connectivity index (χ2v) is 8.19. The molecule has 0 aromatic carbocycles. The minimum atomic E-state index is -3.26. The molecule has 2 saturated heterocycles. The Morgan fingerprint density at radius 3 is 2.42 bits per heavy atom. The molecule has 0 saturated carbocycles. The van der Waals surface area contributed by atoms with E-state index in [9.17, 15) is 8.42 Å². The molecule has 2 atom stereocenters. The van der Waals surface area contributed by atoms with Crippen molar-refractivity contribution >= 4 is 10.2 Å². The Morgan fingerprint density at radius 2 is 1.84 bits per heavy atom. The zero-order valence-electron chi connectivity index (χ0n) is 12.1. The molecule has 2 aliphatic heterocycles. The fourth-order valence-corrected chi connectivity index (χ4v) is 4.90. The van der Waals surface area contributed by atoms with Crippen LogP contribution in [0.2, 0.25) is 0 Å². The van der Waals surface area contributed by atoms with Crippen molar-refractivity contribution in [2.45, 2.75) is 33.1 Å². The third-order valence-corrected chi connectivity index (χ3v) is 6.57. The quantitative estimate of drug-likeness (QED) is 0.835. The van der Waals surface area contributed by atoms with E-state index in [4.69, 9.17) is 5.73 Å². The van der Waals surface area contributed by atoms with Gasteiger partial charge in [-0.15, -0.1) is 0 Å². The summed E-state index contributed by atoms with van der Waals surface area (Å²) >= 11 is 0. The molecule has 0 aliphatic carbocycles. The molecule has 2 heterocycles. The van der Waals surface area contributed by atoms with Gasteiger partial charge < -0.3 is 5.73 Å². The molecule has 0 aromatic heterocycles. The average Bonchev–Trinajstić information content (AvgIpc) is 2.89. The van der Waals surface area contributed by atoms with E-state index >= 15 is 0 Å². The van der Waals surface area contributed by atoms with E-state index in [1.54, 1.807) is 8.61 Å². The van der Waals surface area contributed by atoms with Crippen LogP contribution in [0.15, 0.2) is 0 Å². The van der Waals surface area contributed by atoms with Gasteiger partial charge in [0.25, 0.3) is 10.2 Å². The van der Waals surface area contributed by atoms with Crippen molar-refractivity contribution in [1.82, 2.24) is 8.61 Å². The summed E-state index contributed by atoms with van der Waals surface area (Å²) in [7, 11) is -3.26. The lowest BCUT2D eigenvalue weighted by Crippen LogP contribution is -2.48. The number of nitrogens with zero attached hydrogens (tertiary/aromatic N) is 2. The Hall–Kier alpha value is -0.170. The third-order valence-electron chi connectivity index (χ3n) is 4.60. The molecule has 2 aliphatic rings. The first-order chi connectivity index (χ1) is 8.95. The maximum atomic E-state index is 12.6. The van der Waals surface area contributed by atoms with E-state index in [-0.39, 0.29) is 0 Å². The third kappa shape index (κ3) is 3.29. The first kappa shape index (κ1) is 15.2. The minimum Gasteiger partial charge on any atom is -0.330 e. The van der Waals surface area contributed by atoms with Crippen LogP contribution in [0.25, 0.3) is 0 Å². The van der Waals surface area contributed by atoms with Crippen molar-refractivity contribution in [2.24, 2.45) is 23.5 Å². The van der Waals surface area contributed by atoms with E-state index in [1.807, 2.05) is 0 Å². The van der Waals surface area contributed by atoms with Gasteiger partial charge in [0.05, 0.1) is 0 Å². The monoisotopic (exact) mass is 289 g/mol. The van der Waals surface area contributed by atoms with E-state index in [2.05, 4.69) is 13.8 Å². The van der Waals surface area contributed by atoms with Gasteiger partial charge in [0, 0.05) is 26.2 Å². The molecule has 2 unspecified atom stereocenters. The van der Waals surface area contributed by atoms with Crippen molar-refractivity contribution in [3.8, 4) is 0 Å². The summed E-state index contributed by atoms with van der Waals surface area (Å²) in [6.45, 7) is 7.54. The van der Waals surface area contributed by atoms with E-state index in [0.717, 1.165) is 19.3 Å². The van der Waals surface area contributed by atoms with Crippen LogP contribution in [-0.4, -0.2) is 49.8 Å². The molecule has 5 nitrogen and oxygen atoms in total. The summed E-state index contributed by atoms with van der Waals surface area (Å²) in [5, 5.41) is 0. The van der Waals surface area contributed by atoms with E-state index in [0.29, 0.717) is 50.5 Å². The molecule has 0 aromatic rings. The number of hydrogen-bond donors (Lipinski definition) is 1. The maximum Gasteiger partial charge on any atom is 0.281 e. The van der Waals surface area contributed by atoms with Gasteiger partial charge in [0.15, 0.2) is 0 Å². The van der Waals surface area contributed by atoms with Gasteiger partial charge in [0.1, 0.15) is 0 Å². The van der Waals surface area contributed by atoms with Crippen LogP contribution in [0, 0.1) is 17.8 Å². The molecule has 0 spiro atoms. The van der Waals surface area contributed by atoms with Crippen molar-refractivity contribution in [2.75, 3.05) is 32.7 Å². The van der Waals surface area contributed by atoms with Gasteiger partial charge in [-0.1, -0.05) is 13.8 Å². The van der Waals surface area contributed by atoms with Crippen molar-refractivity contribution in [3.63, 3.8) is 0 Å². The van der Waals surface area contributed by atoms with E-state index < -0.39 is 10.2 Å². The summed E-state index contributed by atoms with van der Waals surface area (Å²) < 4.78 is 28.6. The van der Waals surface area contributed by atoms with Crippen molar-refractivity contribution < 1.29 is 8.42 Å². The molecule has 6 heteroatoms. The molecule has 2 fully saturated rings. The van der Waals surface area contributed by atoms with Gasteiger partial charge in [-0.3, -0.25) is 0 Å². The fraction of sp³-hybridized carbons (Fsp3) is 1.00. The van der Waals surface area contributed by atoms with Crippen LogP contribution in [0.4, 0.5) is 0 Å². The first-order valence-corrected chi connectivity index (χ1v) is 8.80. The molecular formula is C13H27N3O2S. The number of hydrogen-bond acceptors (Lipinski definition) is 3. The molecule has 0 radical (unpaired) electrons. The van der Waals surface area contributed by atoms with Gasteiger partial charge >= 0.3 is 0 Å². The SMILES string of the molecule is CC(C)C1CCN(S(=O)(=O)N2CCCC(CN)C2)C1. The predicted molar refractivity (Wildman–Crippen MR) is 76.8 cm³/mol. The number of piperidine rings is 1. The molecule has 0 amide bonds. The summed E-state index contributed by atoms with van der Waals surface area (Å²) in [5.41, 5.74) is 5.69. The highest BCUT2D eigenvalue weighted by Crippen LogP contribution is 2.28. The molecule has 2 rings (SSSR count). The van der Waals surface area contributed by atoms with Crippen LogP contribution < -0.4 is 5.73 Å².